The van der Waals surface area contributed by atoms with Gasteiger partial charge in [-0.05, 0) is 32.9 Å². The van der Waals surface area contributed by atoms with Crippen LogP contribution in [0.3, 0.4) is 0 Å². The summed E-state index contributed by atoms with van der Waals surface area (Å²) in [6, 6.07) is 3.61. The first kappa shape index (κ1) is 14.1. The Balaban J connectivity index is 1.79. The molecule has 0 radical (unpaired) electrons. The first-order valence-corrected chi connectivity index (χ1v) is 8.02. The summed E-state index contributed by atoms with van der Waals surface area (Å²) in [5.74, 6) is 2.61. The number of hydrogen-bond donors (Lipinski definition) is 1. The quantitative estimate of drug-likeness (QED) is 0.926. The van der Waals surface area contributed by atoms with E-state index in [2.05, 4.69) is 15.4 Å². The van der Waals surface area contributed by atoms with Crippen molar-refractivity contribution < 1.29 is 4.79 Å². The van der Waals surface area contributed by atoms with E-state index < -0.39 is 0 Å². The Bertz CT molecular complexity index is 648. The van der Waals surface area contributed by atoms with Crippen LogP contribution in [0.5, 0.6) is 0 Å². The number of rotatable bonds is 2. The van der Waals surface area contributed by atoms with Gasteiger partial charge in [-0.1, -0.05) is 0 Å². The van der Waals surface area contributed by atoms with E-state index in [0.29, 0.717) is 5.56 Å². The number of amides is 1. The van der Waals surface area contributed by atoms with Crippen LogP contribution >= 0.6 is 11.8 Å². The summed E-state index contributed by atoms with van der Waals surface area (Å²) in [6.45, 7) is 5.86. The van der Waals surface area contributed by atoms with Gasteiger partial charge in [0, 0.05) is 35.0 Å². The van der Waals surface area contributed by atoms with Gasteiger partial charge in [0.2, 0.25) is 0 Å². The van der Waals surface area contributed by atoms with Crippen molar-refractivity contribution in [2.75, 3.05) is 0 Å². The fourth-order valence-corrected chi connectivity index (χ4v) is 3.13. The van der Waals surface area contributed by atoms with E-state index in [4.69, 9.17) is 0 Å². The Morgan fingerprint density at radius 2 is 2.14 bits per heavy atom. The van der Waals surface area contributed by atoms with E-state index in [9.17, 15) is 4.79 Å². The maximum atomic E-state index is 12.0. The highest BCUT2D eigenvalue weighted by atomic mass is 32.2. The number of pyridine rings is 1. The molecule has 0 fully saturated rings. The van der Waals surface area contributed by atoms with Crippen molar-refractivity contribution in [3.63, 3.8) is 0 Å². The molecule has 2 aromatic heterocycles. The molecule has 0 spiro atoms. The SMILES string of the molecule is CC(C)(C)NC(=O)c1ccc(-n2cc3c(n2)CSC3)nc1. The van der Waals surface area contributed by atoms with Crippen LogP contribution in [0.1, 0.15) is 42.4 Å². The molecule has 1 aliphatic rings. The lowest BCUT2D eigenvalue weighted by Gasteiger charge is -2.20. The summed E-state index contributed by atoms with van der Waals surface area (Å²) >= 11 is 1.88. The van der Waals surface area contributed by atoms with Gasteiger partial charge in [-0.2, -0.15) is 16.9 Å². The molecular formula is C15H18N4OS. The molecule has 5 nitrogen and oxygen atoms in total. The van der Waals surface area contributed by atoms with E-state index in [1.807, 2.05) is 44.8 Å². The maximum absolute atomic E-state index is 12.0. The Morgan fingerprint density at radius 1 is 1.33 bits per heavy atom. The van der Waals surface area contributed by atoms with E-state index >= 15 is 0 Å². The van der Waals surface area contributed by atoms with Crippen LogP contribution in [-0.4, -0.2) is 26.2 Å². The highest BCUT2D eigenvalue weighted by Gasteiger charge is 2.18. The molecule has 6 heteroatoms. The van der Waals surface area contributed by atoms with Crippen molar-refractivity contribution in [3.05, 3.63) is 41.3 Å². The maximum Gasteiger partial charge on any atom is 0.253 e. The monoisotopic (exact) mass is 302 g/mol. The van der Waals surface area contributed by atoms with Crippen LogP contribution in [-0.2, 0) is 11.5 Å². The second-order valence-electron chi connectivity index (χ2n) is 6.15. The lowest BCUT2D eigenvalue weighted by Crippen LogP contribution is -2.40. The molecule has 0 aromatic carbocycles. The minimum absolute atomic E-state index is 0.110. The molecule has 0 saturated carbocycles. The molecular weight excluding hydrogens is 284 g/mol. The number of hydrogen-bond acceptors (Lipinski definition) is 4. The molecule has 3 heterocycles. The van der Waals surface area contributed by atoms with E-state index in [-0.39, 0.29) is 11.4 Å². The average Bonchev–Trinajstić information content (AvgIpc) is 2.97. The van der Waals surface area contributed by atoms with Crippen molar-refractivity contribution in [3.8, 4) is 5.82 Å². The van der Waals surface area contributed by atoms with Crippen LogP contribution < -0.4 is 5.32 Å². The second-order valence-corrected chi connectivity index (χ2v) is 7.13. The van der Waals surface area contributed by atoms with Gasteiger partial charge in [-0.15, -0.1) is 0 Å². The molecule has 110 valence electrons. The van der Waals surface area contributed by atoms with Crippen molar-refractivity contribution in [1.29, 1.82) is 0 Å². The smallest absolute Gasteiger partial charge is 0.253 e. The molecule has 0 atom stereocenters. The highest BCUT2D eigenvalue weighted by Crippen LogP contribution is 2.28. The number of carbonyl (C=O) groups excluding carboxylic acids is 1. The van der Waals surface area contributed by atoms with Crippen LogP contribution in [0.2, 0.25) is 0 Å². The van der Waals surface area contributed by atoms with Crippen LogP contribution in [0, 0.1) is 0 Å². The molecule has 0 unspecified atom stereocenters. The largest absolute Gasteiger partial charge is 0.347 e. The van der Waals surface area contributed by atoms with E-state index in [0.717, 1.165) is 23.0 Å². The molecule has 0 bridgehead atoms. The lowest BCUT2D eigenvalue weighted by atomic mass is 10.1. The average molecular weight is 302 g/mol. The van der Waals surface area contributed by atoms with E-state index in [1.165, 1.54) is 5.56 Å². The molecule has 1 amide bonds. The third-order valence-electron chi connectivity index (χ3n) is 3.11. The minimum atomic E-state index is -0.254. The van der Waals surface area contributed by atoms with Crippen molar-refractivity contribution >= 4 is 17.7 Å². The predicted molar refractivity (Wildman–Crippen MR) is 83.6 cm³/mol. The number of nitrogens with zero attached hydrogens (tertiary/aromatic N) is 3. The second kappa shape index (κ2) is 5.18. The number of thioether (sulfide) groups is 1. The molecule has 2 aromatic rings. The third-order valence-corrected chi connectivity index (χ3v) is 4.10. The van der Waals surface area contributed by atoms with Crippen LogP contribution in [0.15, 0.2) is 24.5 Å². The van der Waals surface area contributed by atoms with Gasteiger partial charge in [-0.3, -0.25) is 4.79 Å². The Hall–Kier alpha value is -1.82. The van der Waals surface area contributed by atoms with Gasteiger partial charge in [0.15, 0.2) is 5.82 Å². The zero-order valence-corrected chi connectivity index (χ0v) is 13.2. The highest BCUT2D eigenvalue weighted by molar-refractivity contribution is 7.98. The summed E-state index contributed by atoms with van der Waals surface area (Å²) in [6.07, 6.45) is 3.62. The molecule has 0 aliphatic carbocycles. The lowest BCUT2D eigenvalue weighted by molar-refractivity contribution is 0.0919. The topological polar surface area (TPSA) is 59.8 Å². The molecule has 1 N–H and O–H groups in total. The molecule has 1 aliphatic heterocycles. The number of fused-ring (bicyclic) bond motifs is 1. The normalized spacial score (nSPS) is 14.0. The fourth-order valence-electron chi connectivity index (χ4n) is 2.13. The number of aromatic nitrogens is 3. The van der Waals surface area contributed by atoms with Crippen molar-refractivity contribution in [1.82, 2.24) is 20.1 Å². The van der Waals surface area contributed by atoms with Gasteiger partial charge in [0.05, 0.1) is 11.3 Å². The number of carbonyl (C=O) groups is 1. The number of nitrogens with one attached hydrogen (secondary N) is 1. The zero-order valence-electron chi connectivity index (χ0n) is 12.4. The summed E-state index contributed by atoms with van der Waals surface area (Å²) in [5.41, 5.74) is 2.72. The first-order valence-electron chi connectivity index (χ1n) is 6.86. The summed E-state index contributed by atoms with van der Waals surface area (Å²) in [5, 5.41) is 7.45. The third kappa shape index (κ3) is 3.10. The van der Waals surface area contributed by atoms with E-state index in [1.54, 1.807) is 16.9 Å². The van der Waals surface area contributed by atoms with Gasteiger partial charge >= 0.3 is 0 Å². The van der Waals surface area contributed by atoms with Gasteiger partial charge < -0.3 is 5.32 Å². The molecule has 21 heavy (non-hydrogen) atoms. The van der Waals surface area contributed by atoms with Crippen molar-refractivity contribution in [2.24, 2.45) is 0 Å². The standard InChI is InChI=1S/C15H18N4OS/c1-15(2,3)17-14(20)10-4-5-13(16-6-10)19-7-11-8-21-9-12(11)18-19/h4-7H,8-9H2,1-3H3,(H,17,20). The Labute approximate surface area is 128 Å². The summed E-state index contributed by atoms with van der Waals surface area (Å²) < 4.78 is 1.79. The van der Waals surface area contributed by atoms with Gasteiger partial charge in [0.1, 0.15) is 0 Å². The summed E-state index contributed by atoms with van der Waals surface area (Å²) in [7, 11) is 0. The van der Waals surface area contributed by atoms with Crippen LogP contribution in [0.25, 0.3) is 5.82 Å². The Morgan fingerprint density at radius 3 is 2.76 bits per heavy atom. The first-order chi connectivity index (χ1) is 9.92. The Kier molecular flexibility index (Phi) is 3.49. The zero-order chi connectivity index (χ0) is 15.0. The molecule has 0 saturated heterocycles. The summed E-state index contributed by atoms with van der Waals surface area (Å²) in [4.78, 5) is 16.4. The van der Waals surface area contributed by atoms with Gasteiger partial charge in [-0.25, -0.2) is 9.67 Å². The molecule has 3 rings (SSSR count). The predicted octanol–water partition coefficient (Wildman–Crippen LogP) is 2.54. The minimum Gasteiger partial charge on any atom is -0.347 e. The van der Waals surface area contributed by atoms with Crippen molar-refractivity contribution in [2.45, 2.75) is 37.8 Å². The van der Waals surface area contributed by atoms with Gasteiger partial charge in [0.25, 0.3) is 5.91 Å². The van der Waals surface area contributed by atoms with Crippen LogP contribution in [0.4, 0.5) is 0 Å². The fraction of sp³-hybridized carbons (Fsp3) is 0.400.